The Morgan fingerprint density at radius 2 is 1.67 bits per heavy atom. The number of rotatable bonds is 4. The summed E-state index contributed by atoms with van der Waals surface area (Å²) < 4.78 is 11.9. The second-order valence-corrected chi connectivity index (χ2v) is 9.94. The second kappa shape index (κ2) is 6.07. The summed E-state index contributed by atoms with van der Waals surface area (Å²) in [5.41, 5.74) is 1.74. The molecule has 7 rings (SSSR count). The maximum Gasteiger partial charge on any atom is 0.344 e. The van der Waals surface area contributed by atoms with Crippen molar-refractivity contribution in [3.8, 4) is 0 Å². The molecule has 0 amide bonds. The van der Waals surface area contributed by atoms with Gasteiger partial charge in [0.25, 0.3) is 0 Å². The van der Waals surface area contributed by atoms with Crippen LogP contribution in [0.1, 0.15) is 105 Å². The van der Waals surface area contributed by atoms with Crippen LogP contribution in [0.2, 0.25) is 0 Å². The molecule has 5 nitrogen and oxygen atoms in total. The third kappa shape index (κ3) is 2.76. The van der Waals surface area contributed by atoms with Crippen molar-refractivity contribution >= 4 is 5.97 Å². The SMILES string of the molecule is O=C(O[C@@H]1C[C@H]2CC[C@@H](C1)N2)c1c(C23CCC(CC2)CC3)noc1C1CC1. The lowest BCUT2D eigenvalue weighted by molar-refractivity contribution is 0.0169. The van der Waals surface area contributed by atoms with E-state index in [9.17, 15) is 4.79 Å². The highest BCUT2D eigenvalue weighted by atomic mass is 16.5. The highest BCUT2D eigenvalue weighted by Gasteiger charge is 2.48. The summed E-state index contributed by atoms with van der Waals surface area (Å²) in [5, 5.41) is 8.17. The van der Waals surface area contributed by atoms with E-state index < -0.39 is 0 Å². The van der Waals surface area contributed by atoms with E-state index in [2.05, 4.69) is 10.5 Å². The molecule has 0 radical (unpaired) electrons. The number of hydrogen-bond donors (Lipinski definition) is 1. The molecule has 1 N–H and O–H groups in total. The molecular formula is C22H30N2O3. The van der Waals surface area contributed by atoms with Gasteiger partial charge >= 0.3 is 5.97 Å². The van der Waals surface area contributed by atoms with Crippen LogP contribution in [0.4, 0.5) is 0 Å². The van der Waals surface area contributed by atoms with Crippen LogP contribution in [-0.4, -0.2) is 29.3 Å². The Hall–Kier alpha value is -1.36. The summed E-state index contributed by atoms with van der Waals surface area (Å²) in [5.74, 6) is 1.95. The Labute approximate surface area is 160 Å². The van der Waals surface area contributed by atoms with E-state index in [1.807, 2.05) is 0 Å². The van der Waals surface area contributed by atoms with Gasteiger partial charge in [-0.1, -0.05) is 5.16 Å². The van der Waals surface area contributed by atoms with E-state index in [0.29, 0.717) is 18.0 Å². The Kier molecular flexibility index (Phi) is 3.73. The number of fused-ring (bicyclic) bond motifs is 5. The van der Waals surface area contributed by atoms with Crippen molar-refractivity contribution < 1.29 is 14.1 Å². The lowest BCUT2D eigenvalue weighted by atomic mass is 9.59. The predicted octanol–water partition coefficient (Wildman–Crippen LogP) is 4.21. The number of aromatic nitrogens is 1. The molecule has 0 aromatic carbocycles. The third-order valence-corrected chi connectivity index (χ3v) is 8.17. The van der Waals surface area contributed by atoms with Crippen molar-refractivity contribution in [3.05, 3.63) is 17.0 Å². The minimum atomic E-state index is -0.151. The van der Waals surface area contributed by atoms with Gasteiger partial charge in [-0.15, -0.1) is 0 Å². The molecule has 4 bridgehead atoms. The van der Waals surface area contributed by atoms with Gasteiger partial charge in [-0.3, -0.25) is 0 Å². The van der Waals surface area contributed by atoms with E-state index in [1.54, 1.807) is 0 Å². The molecular weight excluding hydrogens is 340 g/mol. The molecule has 146 valence electrons. The van der Waals surface area contributed by atoms with Gasteiger partial charge < -0.3 is 14.6 Å². The molecule has 0 spiro atoms. The number of carbonyl (C=O) groups excluding carboxylic acids is 1. The van der Waals surface area contributed by atoms with Crippen LogP contribution in [0.3, 0.4) is 0 Å². The molecule has 1 aromatic heterocycles. The van der Waals surface area contributed by atoms with E-state index in [0.717, 1.165) is 67.9 Å². The number of hydrogen-bond acceptors (Lipinski definition) is 5. The van der Waals surface area contributed by atoms with Crippen molar-refractivity contribution in [2.24, 2.45) is 5.92 Å². The van der Waals surface area contributed by atoms with Gasteiger partial charge in [0.15, 0.2) is 5.76 Å². The van der Waals surface area contributed by atoms with Crippen LogP contribution < -0.4 is 5.32 Å². The maximum atomic E-state index is 13.4. The van der Waals surface area contributed by atoms with Crippen LogP contribution in [0.5, 0.6) is 0 Å². The van der Waals surface area contributed by atoms with Crippen LogP contribution in [-0.2, 0) is 10.2 Å². The highest BCUT2D eigenvalue weighted by molar-refractivity contribution is 5.92. The summed E-state index contributed by atoms with van der Waals surface area (Å²) in [6.07, 6.45) is 13.9. The fourth-order valence-electron chi connectivity index (χ4n) is 6.40. The average molecular weight is 370 g/mol. The van der Waals surface area contributed by atoms with Gasteiger partial charge in [0.1, 0.15) is 17.4 Å². The number of piperidine rings is 1. The molecule has 4 aliphatic carbocycles. The number of carbonyl (C=O) groups is 1. The van der Waals surface area contributed by atoms with Crippen LogP contribution in [0.25, 0.3) is 0 Å². The largest absolute Gasteiger partial charge is 0.459 e. The first kappa shape index (κ1) is 16.6. The average Bonchev–Trinajstić information content (AvgIpc) is 3.35. The second-order valence-electron chi connectivity index (χ2n) is 9.94. The van der Waals surface area contributed by atoms with Crippen LogP contribution in [0, 0.1) is 5.92 Å². The van der Waals surface area contributed by atoms with Crippen molar-refractivity contribution in [1.29, 1.82) is 0 Å². The first-order valence-electron chi connectivity index (χ1n) is 11.2. The van der Waals surface area contributed by atoms with Gasteiger partial charge in [-0.25, -0.2) is 4.79 Å². The zero-order chi connectivity index (χ0) is 18.0. The number of nitrogens with one attached hydrogen (secondary N) is 1. The lowest BCUT2D eigenvalue weighted by Gasteiger charge is -2.45. The predicted molar refractivity (Wildman–Crippen MR) is 99.7 cm³/mol. The third-order valence-electron chi connectivity index (χ3n) is 8.17. The Morgan fingerprint density at radius 3 is 2.30 bits per heavy atom. The normalized spacial score (nSPS) is 40.3. The molecule has 3 atom stereocenters. The minimum Gasteiger partial charge on any atom is -0.459 e. The first-order chi connectivity index (χ1) is 13.2. The Bertz CT molecular complexity index is 719. The molecule has 3 heterocycles. The molecule has 1 aromatic rings. The summed E-state index contributed by atoms with van der Waals surface area (Å²) in [6.45, 7) is 0. The van der Waals surface area contributed by atoms with Crippen molar-refractivity contribution in [1.82, 2.24) is 10.5 Å². The van der Waals surface area contributed by atoms with E-state index in [1.165, 1.54) is 32.1 Å². The van der Waals surface area contributed by atoms with Gasteiger partial charge in [-0.05, 0) is 83.0 Å². The first-order valence-corrected chi connectivity index (χ1v) is 11.2. The monoisotopic (exact) mass is 370 g/mol. The summed E-state index contributed by atoms with van der Waals surface area (Å²) in [6, 6.07) is 1.05. The molecule has 0 unspecified atom stereocenters. The fourth-order valence-corrected chi connectivity index (χ4v) is 6.40. The van der Waals surface area contributed by atoms with Crippen molar-refractivity contribution in [2.45, 2.75) is 107 Å². The number of esters is 1. The van der Waals surface area contributed by atoms with Crippen molar-refractivity contribution in [3.63, 3.8) is 0 Å². The van der Waals surface area contributed by atoms with E-state index in [4.69, 9.17) is 9.26 Å². The lowest BCUT2D eigenvalue weighted by Crippen LogP contribution is -2.42. The zero-order valence-corrected chi connectivity index (χ0v) is 16.0. The fraction of sp³-hybridized carbons (Fsp3) is 0.818. The molecule has 4 saturated carbocycles. The molecule has 5 heteroatoms. The molecule has 2 aliphatic heterocycles. The van der Waals surface area contributed by atoms with E-state index >= 15 is 0 Å². The summed E-state index contributed by atoms with van der Waals surface area (Å²) in [7, 11) is 0. The Morgan fingerprint density at radius 1 is 1.00 bits per heavy atom. The quantitative estimate of drug-likeness (QED) is 0.804. The van der Waals surface area contributed by atoms with E-state index in [-0.39, 0.29) is 17.5 Å². The molecule has 27 heavy (non-hydrogen) atoms. The summed E-state index contributed by atoms with van der Waals surface area (Å²) in [4.78, 5) is 13.4. The highest BCUT2D eigenvalue weighted by Crippen LogP contribution is 2.54. The minimum absolute atomic E-state index is 0.0469. The smallest absolute Gasteiger partial charge is 0.344 e. The van der Waals surface area contributed by atoms with Gasteiger partial charge in [0, 0.05) is 23.4 Å². The summed E-state index contributed by atoms with van der Waals surface area (Å²) >= 11 is 0. The molecule has 2 saturated heterocycles. The van der Waals surface area contributed by atoms with Crippen molar-refractivity contribution in [2.75, 3.05) is 0 Å². The van der Waals surface area contributed by atoms with Crippen LogP contribution in [0.15, 0.2) is 4.52 Å². The molecule has 6 fully saturated rings. The van der Waals surface area contributed by atoms with Gasteiger partial charge in [0.05, 0.1) is 0 Å². The molecule has 6 aliphatic rings. The van der Waals surface area contributed by atoms with Crippen LogP contribution >= 0.6 is 0 Å². The topological polar surface area (TPSA) is 64.4 Å². The number of nitrogens with zero attached hydrogens (tertiary/aromatic N) is 1. The maximum absolute atomic E-state index is 13.4. The standard InChI is InChI=1S/C22H30N2O3/c25-21(26-17-11-15-3-4-16(12-17)23-15)18-19(14-1-2-14)27-24-20(18)22-8-5-13(6-9-22)7-10-22/h13-17,23H,1-12H2/t13?,15-,16+,17-,22?. The van der Waals surface area contributed by atoms with Gasteiger partial charge in [-0.2, -0.15) is 0 Å². The number of ether oxygens (including phenoxy) is 1. The Balaban J connectivity index is 1.30. The van der Waals surface area contributed by atoms with Gasteiger partial charge in [0.2, 0.25) is 0 Å². The zero-order valence-electron chi connectivity index (χ0n) is 16.0.